The van der Waals surface area contributed by atoms with Gasteiger partial charge in [-0.05, 0) is 51.7 Å². The number of H-pyrrole nitrogens is 1. The number of ether oxygens (including phenoxy) is 1. The Bertz CT molecular complexity index is 735. The predicted octanol–water partition coefficient (Wildman–Crippen LogP) is 3.56. The van der Waals surface area contributed by atoms with Crippen LogP contribution in [0.5, 0.6) is 0 Å². The summed E-state index contributed by atoms with van der Waals surface area (Å²) in [7, 11) is 0. The van der Waals surface area contributed by atoms with E-state index in [9.17, 15) is 9.59 Å². The Balaban J connectivity index is 2.01. The maximum absolute atomic E-state index is 12.6. The lowest BCUT2D eigenvalue weighted by atomic mass is 10.0. The van der Waals surface area contributed by atoms with Crippen LogP contribution in [0.3, 0.4) is 0 Å². The molecule has 2 rings (SSSR count). The number of hydrogen-bond acceptors (Lipinski definition) is 3. The second-order valence-corrected chi connectivity index (χ2v) is 6.24. The van der Waals surface area contributed by atoms with Crippen molar-refractivity contribution < 1.29 is 14.3 Å². The van der Waals surface area contributed by atoms with Crippen LogP contribution < -0.4 is 5.32 Å². The average molecular weight is 342 g/mol. The molecule has 134 valence electrons. The number of hydrogen-bond donors (Lipinski definition) is 2. The van der Waals surface area contributed by atoms with E-state index in [1.54, 1.807) is 20.8 Å². The Morgan fingerprint density at radius 3 is 2.52 bits per heavy atom. The molecule has 5 nitrogen and oxygen atoms in total. The summed E-state index contributed by atoms with van der Waals surface area (Å²) in [5, 5.41) is 3.02. The van der Waals surface area contributed by atoms with E-state index in [1.165, 1.54) is 5.56 Å². The van der Waals surface area contributed by atoms with Crippen molar-refractivity contribution in [2.24, 2.45) is 0 Å². The number of aromatic nitrogens is 1. The lowest BCUT2D eigenvalue weighted by Gasteiger charge is -2.14. The zero-order valence-corrected chi connectivity index (χ0v) is 15.3. The van der Waals surface area contributed by atoms with Crippen LogP contribution in [0.25, 0.3) is 0 Å². The van der Waals surface area contributed by atoms with E-state index < -0.39 is 5.97 Å². The van der Waals surface area contributed by atoms with E-state index in [0.29, 0.717) is 29.1 Å². The molecule has 0 fully saturated rings. The number of nitrogens with one attached hydrogen (secondary N) is 2. The summed E-state index contributed by atoms with van der Waals surface area (Å²) >= 11 is 0. The molecule has 0 aliphatic rings. The highest BCUT2D eigenvalue weighted by Crippen LogP contribution is 2.19. The van der Waals surface area contributed by atoms with Crippen molar-refractivity contribution in [1.29, 1.82) is 0 Å². The van der Waals surface area contributed by atoms with Crippen LogP contribution in [-0.2, 0) is 11.2 Å². The molecule has 0 spiro atoms. The number of benzene rings is 1. The Kier molecular flexibility index (Phi) is 6.39. The molecule has 0 aliphatic heterocycles. The van der Waals surface area contributed by atoms with Crippen LogP contribution in [0.15, 0.2) is 30.3 Å². The van der Waals surface area contributed by atoms with Crippen LogP contribution in [0.1, 0.15) is 57.9 Å². The zero-order valence-electron chi connectivity index (χ0n) is 15.3. The smallest absolute Gasteiger partial charge is 0.355 e. The number of rotatable bonds is 7. The Morgan fingerprint density at radius 2 is 1.88 bits per heavy atom. The minimum atomic E-state index is -0.431. The summed E-state index contributed by atoms with van der Waals surface area (Å²) < 4.78 is 5.02. The standard InChI is InChI=1S/C20H26N2O3/c1-5-25-20(24)18-14(3)17(15(4)22-18)19(23)21-13(2)11-12-16-9-7-6-8-10-16/h6-10,13,22H,5,11-12H2,1-4H3,(H,21,23)/t13-/m1/s1. The highest BCUT2D eigenvalue weighted by molar-refractivity contribution is 6.01. The van der Waals surface area contributed by atoms with Gasteiger partial charge in [-0.2, -0.15) is 0 Å². The average Bonchev–Trinajstić information content (AvgIpc) is 2.89. The van der Waals surface area contributed by atoms with Crippen molar-refractivity contribution in [3.8, 4) is 0 Å². The summed E-state index contributed by atoms with van der Waals surface area (Å²) in [5.74, 6) is -0.596. The SMILES string of the molecule is CCOC(=O)c1[nH]c(C)c(C(=O)N[C@H](C)CCc2ccccc2)c1C. The van der Waals surface area contributed by atoms with E-state index in [2.05, 4.69) is 22.4 Å². The van der Waals surface area contributed by atoms with Crippen molar-refractivity contribution >= 4 is 11.9 Å². The molecule has 0 saturated heterocycles. The first-order chi connectivity index (χ1) is 11.9. The van der Waals surface area contributed by atoms with Gasteiger partial charge in [0.25, 0.3) is 5.91 Å². The summed E-state index contributed by atoms with van der Waals surface area (Å²) in [5.41, 5.74) is 3.43. The van der Waals surface area contributed by atoms with Gasteiger partial charge in [0.05, 0.1) is 12.2 Å². The molecule has 0 aliphatic carbocycles. The molecule has 1 aromatic heterocycles. The number of carbonyl (C=O) groups excluding carboxylic acids is 2. The quantitative estimate of drug-likeness (QED) is 0.756. The highest BCUT2D eigenvalue weighted by atomic mass is 16.5. The van der Waals surface area contributed by atoms with Crippen LogP contribution in [0, 0.1) is 13.8 Å². The lowest BCUT2D eigenvalue weighted by Crippen LogP contribution is -2.33. The normalized spacial score (nSPS) is 11.8. The van der Waals surface area contributed by atoms with Gasteiger partial charge in [-0.1, -0.05) is 30.3 Å². The molecule has 25 heavy (non-hydrogen) atoms. The number of carbonyl (C=O) groups is 2. The van der Waals surface area contributed by atoms with Gasteiger partial charge >= 0.3 is 5.97 Å². The van der Waals surface area contributed by atoms with Crippen molar-refractivity contribution in [1.82, 2.24) is 10.3 Å². The van der Waals surface area contributed by atoms with Crippen LogP contribution >= 0.6 is 0 Å². The van der Waals surface area contributed by atoms with Crippen molar-refractivity contribution in [2.45, 2.75) is 46.6 Å². The van der Waals surface area contributed by atoms with Crippen LogP contribution in [0.4, 0.5) is 0 Å². The Morgan fingerprint density at radius 1 is 1.20 bits per heavy atom. The topological polar surface area (TPSA) is 71.2 Å². The molecule has 0 radical (unpaired) electrons. The van der Waals surface area contributed by atoms with Gasteiger partial charge in [-0.15, -0.1) is 0 Å². The van der Waals surface area contributed by atoms with E-state index in [1.807, 2.05) is 25.1 Å². The van der Waals surface area contributed by atoms with E-state index in [-0.39, 0.29) is 11.9 Å². The van der Waals surface area contributed by atoms with Gasteiger partial charge in [0.1, 0.15) is 5.69 Å². The molecule has 2 N–H and O–H groups in total. The fourth-order valence-electron chi connectivity index (χ4n) is 2.89. The summed E-state index contributed by atoms with van der Waals surface area (Å²) in [6.45, 7) is 7.60. The van der Waals surface area contributed by atoms with Gasteiger partial charge < -0.3 is 15.0 Å². The minimum absolute atomic E-state index is 0.0347. The van der Waals surface area contributed by atoms with Crippen LogP contribution in [0.2, 0.25) is 0 Å². The third kappa shape index (κ3) is 4.72. The Hall–Kier alpha value is -2.56. The molecule has 0 unspecified atom stereocenters. The molecule has 1 atom stereocenters. The third-order valence-electron chi connectivity index (χ3n) is 4.23. The van der Waals surface area contributed by atoms with Gasteiger partial charge in [0.15, 0.2) is 0 Å². The minimum Gasteiger partial charge on any atom is -0.461 e. The first kappa shape index (κ1) is 18.8. The number of amides is 1. The van der Waals surface area contributed by atoms with Crippen LogP contribution in [-0.4, -0.2) is 29.5 Å². The second kappa shape index (κ2) is 8.51. The molecular formula is C20H26N2O3. The first-order valence-corrected chi connectivity index (χ1v) is 8.65. The van der Waals surface area contributed by atoms with Gasteiger partial charge in [0, 0.05) is 11.7 Å². The molecule has 2 aromatic rings. The summed E-state index contributed by atoms with van der Waals surface area (Å²) in [6.07, 6.45) is 1.75. The Labute approximate surface area is 148 Å². The van der Waals surface area contributed by atoms with Gasteiger partial charge in [-0.25, -0.2) is 4.79 Å². The summed E-state index contributed by atoms with van der Waals surface area (Å²) in [6, 6.07) is 10.2. The third-order valence-corrected chi connectivity index (χ3v) is 4.23. The maximum atomic E-state index is 12.6. The fraction of sp³-hybridized carbons (Fsp3) is 0.400. The van der Waals surface area contributed by atoms with Crippen molar-refractivity contribution in [2.75, 3.05) is 6.61 Å². The van der Waals surface area contributed by atoms with Crippen molar-refractivity contribution in [3.05, 3.63) is 58.4 Å². The molecule has 1 heterocycles. The summed E-state index contributed by atoms with van der Waals surface area (Å²) in [4.78, 5) is 27.5. The molecule has 0 saturated carbocycles. The largest absolute Gasteiger partial charge is 0.461 e. The van der Waals surface area contributed by atoms with E-state index in [4.69, 9.17) is 4.74 Å². The van der Waals surface area contributed by atoms with Crippen molar-refractivity contribution in [3.63, 3.8) is 0 Å². The van der Waals surface area contributed by atoms with E-state index >= 15 is 0 Å². The van der Waals surface area contributed by atoms with Gasteiger partial charge in [0.2, 0.25) is 0 Å². The number of esters is 1. The van der Waals surface area contributed by atoms with E-state index in [0.717, 1.165) is 12.8 Å². The molecule has 0 bridgehead atoms. The predicted molar refractivity (Wildman–Crippen MR) is 97.9 cm³/mol. The molecule has 5 heteroatoms. The molecular weight excluding hydrogens is 316 g/mol. The highest BCUT2D eigenvalue weighted by Gasteiger charge is 2.23. The number of aryl methyl sites for hydroxylation is 2. The maximum Gasteiger partial charge on any atom is 0.355 e. The fourth-order valence-corrected chi connectivity index (χ4v) is 2.89. The zero-order chi connectivity index (χ0) is 18.4. The number of aromatic amines is 1. The first-order valence-electron chi connectivity index (χ1n) is 8.65. The van der Waals surface area contributed by atoms with Gasteiger partial charge in [-0.3, -0.25) is 4.79 Å². The lowest BCUT2D eigenvalue weighted by molar-refractivity contribution is 0.0519. The monoisotopic (exact) mass is 342 g/mol. The second-order valence-electron chi connectivity index (χ2n) is 6.24. The molecule has 1 aromatic carbocycles. The molecule has 1 amide bonds.